The Kier molecular flexibility index (Phi) is 47.9. The molecular weight excluding hydrogens is 617 g/mol. The van der Waals surface area contributed by atoms with Crippen molar-refractivity contribution in [2.24, 2.45) is 0 Å². The van der Waals surface area contributed by atoms with Gasteiger partial charge in [-0.05, 0) is 64.2 Å². The maximum atomic E-state index is 10.4. The van der Waals surface area contributed by atoms with Gasteiger partial charge in [0.05, 0.1) is 0 Å². The summed E-state index contributed by atoms with van der Waals surface area (Å²) in [6, 6.07) is 0. The molecule has 50 heavy (non-hydrogen) atoms. The largest absolute Gasteiger partial charge is 0.481 e. The summed E-state index contributed by atoms with van der Waals surface area (Å²) in [6.07, 6.45) is 57.2. The van der Waals surface area contributed by atoms with Gasteiger partial charge in [-0.1, -0.05) is 205 Å². The van der Waals surface area contributed by atoms with E-state index >= 15 is 0 Å². The first-order valence-electron chi connectivity index (χ1n) is 22.3. The molecule has 0 radical (unpaired) electrons. The smallest absolute Gasteiger partial charge is 0.303 e. The minimum absolute atomic E-state index is 0.340. The molecule has 0 fully saturated rings. The van der Waals surface area contributed by atoms with Gasteiger partial charge >= 0.3 is 11.9 Å². The number of rotatable bonds is 40. The molecule has 0 unspecified atom stereocenters. The van der Waals surface area contributed by atoms with Crippen molar-refractivity contribution in [1.29, 1.82) is 0 Å². The van der Waals surface area contributed by atoms with E-state index in [4.69, 9.17) is 10.2 Å². The number of aliphatic carboxylic acids is 2. The predicted octanol–water partition coefficient (Wildman–Crippen LogP) is 16.1. The number of carboxylic acids is 2. The van der Waals surface area contributed by atoms with E-state index in [9.17, 15) is 9.59 Å². The second-order valence-electron chi connectivity index (χ2n) is 15.0. The van der Waals surface area contributed by atoms with E-state index in [2.05, 4.69) is 38.2 Å². The van der Waals surface area contributed by atoms with Crippen molar-refractivity contribution < 1.29 is 19.8 Å². The number of carboxylic acid groups (broad SMARTS) is 2. The number of carbonyl (C=O) groups is 2. The highest BCUT2D eigenvalue weighted by Gasteiger charge is 1.98. The van der Waals surface area contributed by atoms with E-state index in [0.717, 1.165) is 25.7 Å². The lowest BCUT2D eigenvalue weighted by Gasteiger charge is -2.02. The Morgan fingerprint density at radius 1 is 0.300 bits per heavy atom. The molecule has 0 amide bonds. The Hall–Kier alpha value is -1.58. The van der Waals surface area contributed by atoms with Crippen LogP contribution in [0.15, 0.2) is 24.3 Å². The molecule has 0 aromatic rings. The van der Waals surface area contributed by atoms with Gasteiger partial charge in [-0.3, -0.25) is 9.59 Å². The van der Waals surface area contributed by atoms with Crippen molar-refractivity contribution in [2.75, 3.05) is 0 Å². The number of allylic oxidation sites excluding steroid dienone is 4. The molecule has 4 heteroatoms. The molecule has 0 atom stereocenters. The fraction of sp³-hybridized carbons (Fsp3) is 0.870. The van der Waals surface area contributed by atoms with Crippen LogP contribution in [0.1, 0.15) is 258 Å². The zero-order valence-electron chi connectivity index (χ0n) is 33.9. The third-order valence-electron chi connectivity index (χ3n) is 9.80. The van der Waals surface area contributed by atoms with Crippen LogP contribution in [-0.4, -0.2) is 22.2 Å². The molecule has 0 saturated carbocycles. The maximum absolute atomic E-state index is 10.4. The van der Waals surface area contributed by atoms with Crippen LogP contribution in [-0.2, 0) is 9.59 Å². The summed E-state index contributed by atoms with van der Waals surface area (Å²) in [7, 11) is 0. The summed E-state index contributed by atoms with van der Waals surface area (Å²) < 4.78 is 0. The third kappa shape index (κ3) is 53.2. The molecule has 4 nitrogen and oxygen atoms in total. The fourth-order valence-electron chi connectivity index (χ4n) is 6.46. The lowest BCUT2D eigenvalue weighted by molar-refractivity contribution is -0.138. The van der Waals surface area contributed by atoms with Crippen LogP contribution in [0.2, 0.25) is 0 Å². The Morgan fingerprint density at radius 3 is 0.680 bits per heavy atom. The molecule has 296 valence electrons. The molecule has 0 aromatic heterocycles. The molecule has 2 N–H and O–H groups in total. The molecule has 0 saturated heterocycles. The Labute approximate surface area is 313 Å². The first kappa shape index (κ1) is 50.5. The van der Waals surface area contributed by atoms with Gasteiger partial charge < -0.3 is 10.2 Å². The van der Waals surface area contributed by atoms with E-state index in [0.29, 0.717) is 12.8 Å². The zero-order chi connectivity index (χ0) is 36.9. The van der Waals surface area contributed by atoms with Crippen molar-refractivity contribution in [1.82, 2.24) is 0 Å². The van der Waals surface area contributed by atoms with Crippen LogP contribution in [0.5, 0.6) is 0 Å². The van der Waals surface area contributed by atoms with Crippen molar-refractivity contribution in [3.05, 3.63) is 24.3 Å². The Morgan fingerprint density at radius 2 is 0.480 bits per heavy atom. The second kappa shape index (κ2) is 47.4. The standard InChI is InChI=1S/C24H46O2.C22H42O2/c1-2-3-4-5-6-7-8-9-10-11-12-13-14-15-16-17-18-19-20-21-22-23-24(25)26;1-2-3-4-5-6-7-8-9-10-11-12-13-14-15-16-17-18-19-20-21-22(23)24/h9-10H,2-8,11-23H2,1H3,(H,25,26);9-10H,2-8,11-21H2,1H3,(H,23,24)/b2*10-9-. The van der Waals surface area contributed by atoms with E-state index in [1.54, 1.807) is 0 Å². The monoisotopic (exact) mass is 705 g/mol. The number of hydrogen-bond donors (Lipinski definition) is 2. The highest BCUT2D eigenvalue weighted by molar-refractivity contribution is 5.66. The lowest BCUT2D eigenvalue weighted by atomic mass is 10.0. The molecule has 0 aliphatic rings. The summed E-state index contributed by atoms with van der Waals surface area (Å²) in [5.41, 5.74) is 0. The van der Waals surface area contributed by atoms with Gasteiger partial charge in [-0.2, -0.15) is 0 Å². The van der Waals surface area contributed by atoms with Crippen LogP contribution in [0.4, 0.5) is 0 Å². The fourth-order valence-corrected chi connectivity index (χ4v) is 6.46. The van der Waals surface area contributed by atoms with Crippen LogP contribution in [0, 0.1) is 0 Å². The van der Waals surface area contributed by atoms with Gasteiger partial charge in [0.15, 0.2) is 0 Å². The second-order valence-corrected chi connectivity index (χ2v) is 15.0. The average molecular weight is 705 g/mol. The summed E-state index contributed by atoms with van der Waals surface area (Å²) >= 11 is 0. The number of hydrogen-bond acceptors (Lipinski definition) is 2. The van der Waals surface area contributed by atoms with E-state index in [-0.39, 0.29) is 0 Å². The van der Waals surface area contributed by atoms with Gasteiger partial charge in [0.2, 0.25) is 0 Å². The topological polar surface area (TPSA) is 74.6 Å². The van der Waals surface area contributed by atoms with Gasteiger partial charge in [-0.15, -0.1) is 0 Å². The average Bonchev–Trinajstić information content (AvgIpc) is 3.10. The van der Waals surface area contributed by atoms with E-state index in [1.165, 1.54) is 205 Å². The molecule has 0 bridgehead atoms. The highest BCUT2D eigenvalue weighted by atomic mass is 16.4. The van der Waals surface area contributed by atoms with Gasteiger partial charge in [0.1, 0.15) is 0 Å². The first-order chi connectivity index (χ1) is 24.5. The lowest BCUT2D eigenvalue weighted by Crippen LogP contribution is -1.93. The molecule has 0 spiro atoms. The summed E-state index contributed by atoms with van der Waals surface area (Å²) in [4.78, 5) is 20.8. The van der Waals surface area contributed by atoms with Gasteiger partial charge in [0.25, 0.3) is 0 Å². The van der Waals surface area contributed by atoms with E-state index in [1.807, 2.05) is 0 Å². The highest BCUT2D eigenvalue weighted by Crippen LogP contribution is 2.14. The van der Waals surface area contributed by atoms with Gasteiger partial charge in [0, 0.05) is 12.8 Å². The maximum Gasteiger partial charge on any atom is 0.303 e. The minimum Gasteiger partial charge on any atom is -0.481 e. The van der Waals surface area contributed by atoms with Crippen molar-refractivity contribution in [3.63, 3.8) is 0 Å². The molecule has 0 aromatic carbocycles. The van der Waals surface area contributed by atoms with E-state index < -0.39 is 11.9 Å². The number of unbranched alkanes of at least 4 members (excludes halogenated alkanes) is 32. The third-order valence-corrected chi connectivity index (χ3v) is 9.80. The van der Waals surface area contributed by atoms with Crippen LogP contribution in [0.3, 0.4) is 0 Å². The molecule has 0 aliphatic heterocycles. The van der Waals surface area contributed by atoms with Crippen molar-refractivity contribution in [2.45, 2.75) is 258 Å². The minimum atomic E-state index is -0.656. The molecule has 0 aliphatic carbocycles. The van der Waals surface area contributed by atoms with Crippen LogP contribution < -0.4 is 0 Å². The Bertz CT molecular complexity index is 713. The summed E-state index contributed by atoms with van der Waals surface area (Å²) in [6.45, 7) is 4.55. The van der Waals surface area contributed by atoms with Crippen LogP contribution >= 0.6 is 0 Å². The summed E-state index contributed by atoms with van der Waals surface area (Å²) in [5.74, 6) is -1.31. The van der Waals surface area contributed by atoms with Crippen molar-refractivity contribution >= 4 is 11.9 Å². The van der Waals surface area contributed by atoms with Crippen LogP contribution in [0.25, 0.3) is 0 Å². The quantitative estimate of drug-likeness (QED) is 0.0492. The predicted molar refractivity (Wildman–Crippen MR) is 220 cm³/mol. The normalized spacial score (nSPS) is 11.4. The molecule has 0 heterocycles. The van der Waals surface area contributed by atoms with Gasteiger partial charge in [-0.25, -0.2) is 0 Å². The molecule has 0 rings (SSSR count). The Balaban J connectivity index is 0. The molecular formula is C46H88O4. The van der Waals surface area contributed by atoms with Crippen molar-refractivity contribution in [3.8, 4) is 0 Å². The zero-order valence-corrected chi connectivity index (χ0v) is 33.9. The first-order valence-corrected chi connectivity index (χ1v) is 22.3. The SMILES string of the molecule is CCCCCCCC/C=C\CCCCCCCCCCCC(=O)O.CCCCCCCC/C=C\CCCCCCCCCCCCCC(=O)O. The summed E-state index contributed by atoms with van der Waals surface area (Å²) in [5, 5.41) is 17.1.